The zero-order chi connectivity index (χ0) is 15.6. The highest BCUT2D eigenvalue weighted by atomic mass is 35.5. The van der Waals surface area contributed by atoms with Crippen molar-refractivity contribution in [3.63, 3.8) is 0 Å². The van der Waals surface area contributed by atoms with Gasteiger partial charge in [-0.1, -0.05) is 23.7 Å². The summed E-state index contributed by atoms with van der Waals surface area (Å²) in [6, 6.07) is 8.18. The van der Waals surface area contributed by atoms with Crippen molar-refractivity contribution >= 4 is 33.0 Å². The van der Waals surface area contributed by atoms with Crippen LogP contribution in [0.4, 0.5) is 15.8 Å². The third-order valence-corrected chi connectivity index (χ3v) is 4.17. The summed E-state index contributed by atoms with van der Waals surface area (Å²) in [6.45, 7) is 0. The Hall–Kier alpha value is -2.19. The maximum atomic E-state index is 13.5. The smallest absolute Gasteiger partial charge is 0.276 e. The van der Waals surface area contributed by atoms with Crippen molar-refractivity contribution in [2.24, 2.45) is 0 Å². The molecule has 0 saturated carbocycles. The van der Waals surface area contributed by atoms with E-state index in [4.69, 9.17) is 11.6 Å². The summed E-state index contributed by atoms with van der Waals surface area (Å²) in [4.78, 5) is 9.45. The van der Waals surface area contributed by atoms with E-state index in [-0.39, 0.29) is 10.7 Å². The zero-order valence-corrected chi connectivity index (χ0v) is 11.9. The molecule has 110 valence electrons. The molecule has 0 heterocycles. The monoisotopic (exact) mass is 330 g/mol. The van der Waals surface area contributed by atoms with Gasteiger partial charge in [-0.25, -0.2) is 12.8 Å². The van der Waals surface area contributed by atoms with Crippen LogP contribution >= 0.6 is 11.6 Å². The lowest BCUT2D eigenvalue weighted by atomic mass is 10.3. The lowest BCUT2D eigenvalue weighted by Crippen LogP contribution is -2.15. The third-order valence-electron chi connectivity index (χ3n) is 2.53. The molecule has 0 aliphatic carbocycles. The van der Waals surface area contributed by atoms with Crippen LogP contribution in [-0.4, -0.2) is 13.3 Å². The van der Waals surface area contributed by atoms with E-state index in [1.807, 2.05) is 4.72 Å². The highest BCUT2D eigenvalue weighted by Gasteiger charge is 2.26. The summed E-state index contributed by atoms with van der Waals surface area (Å²) in [6.07, 6.45) is 0. The van der Waals surface area contributed by atoms with E-state index in [2.05, 4.69) is 0 Å². The Bertz CT molecular complexity index is 811. The van der Waals surface area contributed by atoms with E-state index in [0.717, 1.165) is 18.2 Å². The topological polar surface area (TPSA) is 89.3 Å². The number of benzene rings is 2. The minimum Gasteiger partial charge on any atom is -0.276 e. The molecule has 0 fully saturated rings. The van der Waals surface area contributed by atoms with Crippen molar-refractivity contribution < 1.29 is 17.7 Å². The van der Waals surface area contributed by atoms with E-state index in [0.29, 0.717) is 0 Å². The molecule has 0 spiro atoms. The summed E-state index contributed by atoms with van der Waals surface area (Å²) in [5.74, 6) is -0.794. The largest absolute Gasteiger partial charge is 0.291 e. The standard InChI is InChI=1S/C12H8ClFN2O4S/c13-8-5-6-12(11(7-8)16(17)18)21(19,20)15-10-4-2-1-3-9(10)14/h1-7,15H. The van der Waals surface area contributed by atoms with Gasteiger partial charge in [0.2, 0.25) is 0 Å². The van der Waals surface area contributed by atoms with Gasteiger partial charge < -0.3 is 0 Å². The quantitative estimate of drug-likeness (QED) is 0.688. The molecular weight excluding hydrogens is 323 g/mol. The second kappa shape index (κ2) is 5.66. The van der Waals surface area contributed by atoms with E-state index < -0.39 is 31.3 Å². The molecule has 9 heteroatoms. The lowest BCUT2D eigenvalue weighted by Gasteiger charge is -2.09. The van der Waals surface area contributed by atoms with Gasteiger partial charge in [-0.2, -0.15) is 0 Å². The summed E-state index contributed by atoms with van der Waals surface area (Å²) in [5, 5.41) is 10.9. The minimum absolute atomic E-state index is 0.0199. The molecule has 2 rings (SSSR count). The van der Waals surface area contributed by atoms with Crippen LogP contribution in [0.5, 0.6) is 0 Å². The van der Waals surface area contributed by atoms with Crippen LogP contribution in [0.1, 0.15) is 0 Å². The van der Waals surface area contributed by atoms with Gasteiger partial charge in [0.1, 0.15) is 5.82 Å². The Morgan fingerprint density at radius 3 is 2.48 bits per heavy atom. The highest BCUT2D eigenvalue weighted by molar-refractivity contribution is 7.92. The first kappa shape index (κ1) is 15.2. The van der Waals surface area contributed by atoms with Crippen LogP contribution in [0.3, 0.4) is 0 Å². The fourth-order valence-electron chi connectivity index (χ4n) is 1.60. The molecule has 0 amide bonds. The SMILES string of the molecule is O=[N+]([O-])c1cc(Cl)ccc1S(=O)(=O)Nc1ccccc1F. The Morgan fingerprint density at radius 1 is 1.19 bits per heavy atom. The first-order valence-corrected chi connectivity index (χ1v) is 7.38. The van der Waals surface area contributed by atoms with Gasteiger partial charge in [0.15, 0.2) is 4.90 Å². The number of halogens is 2. The van der Waals surface area contributed by atoms with Crippen molar-refractivity contribution in [3.05, 3.63) is 63.4 Å². The van der Waals surface area contributed by atoms with Crippen LogP contribution in [0, 0.1) is 15.9 Å². The summed E-state index contributed by atoms with van der Waals surface area (Å²) >= 11 is 5.62. The van der Waals surface area contributed by atoms with Crippen molar-refractivity contribution in [2.45, 2.75) is 4.90 Å². The Kier molecular flexibility index (Phi) is 4.10. The number of hydrogen-bond donors (Lipinski definition) is 1. The summed E-state index contributed by atoms with van der Waals surface area (Å²) in [5.41, 5.74) is -0.993. The van der Waals surface area contributed by atoms with Gasteiger partial charge in [0, 0.05) is 11.1 Å². The molecule has 21 heavy (non-hydrogen) atoms. The molecule has 0 aromatic heterocycles. The van der Waals surface area contributed by atoms with Crippen molar-refractivity contribution in [3.8, 4) is 0 Å². The molecule has 2 aromatic rings. The molecule has 6 nitrogen and oxygen atoms in total. The second-order valence-corrected chi connectivity index (χ2v) is 6.04. The van der Waals surface area contributed by atoms with Crippen LogP contribution in [0.2, 0.25) is 5.02 Å². The van der Waals surface area contributed by atoms with E-state index >= 15 is 0 Å². The number of para-hydroxylation sites is 1. The van der Waals surface area contributed by atoms with E-state index in [1.54, 1.807) is 0 Å². The molecule has 1 N–H and O–H groups in total. The number of nitrogens with one attached hydrogen (secondary N) is 1. The van der Waals surface area contributed by atoms with Crippen LogP contribution in [0.25, 0.3) is 0 Å². The lowest BCUT2D eigenvalue weighted by molar-refractivity contribution is -0.387. The van der Waals surface area contributed by atoms with Gasteiger partial charge in [-0.05, 0) is 24.3 Å². The van der Waals surface area contributed by atoms with Gasteiger partial charge in [-0.3, -0.25) is 14.8 Å². The van der Waals surface area contributed by atoms with Gasteiger partial charge in [0.05, 0.1) is 10.6 Å². The maximum Gasteiger partial charge on any atom is 0.291 e. The molecule has 0 aliphatic rings. The first-order chi connectivity index (χ1) is 9.81. The third kappa shape index (κ3) is 3.29. The molecule has 0 radical (unpaired) electrons. The van der Waals surface area contributed by atoms with E-state index in [1.165, 1.54) is 24.3 Å². The van der Waals surface area contributed by atoms with Crippen molar-refractivity contribution in [1.29, 1.82) is 0 Å². The molecule has 0 bridgehead atoms. The maximum absolute atomic E-state index is 13.5. The molecule has 0 saturated heterocycles. The molecule has 0 atom stereocenters. The van der Waals surface area contributed by atoms with Gasteiger partial charge >= 0.3 is 0 Å². The van der Waals surface area contributed by atoms with Gasteiger partial charge in [-0.15, -0.1) is 0 Å². The number of nitrogens with zero attached hydrogens (tertiary/aromatic N) is 1. The fourth-order valence-corrected chi connectivity index (χ4v) is 2.99. The predicted octanol–water partition coefficient (Wildman–Crippen LogP) is 3.19. The zero-order valence-electron chi connectivity index (χ0n) is 10.3. The van der Waals surface area contributed by atoms with Crippen molar-refractivity contribution in [2.75, 3.05) is 4.72 Å². The van der Waals surface area contributed by atoms with Crippen LogP contribution in [0.15, 0.2) is 47.4 Å². The fraction of sp³-hybridized carbons (Fsp3) is 0. The molecular formula is C12H8ClFN2O4S. The van der Waals surface area contributed by atoms with E-state index in [9.17, 15) is 22.9 Å². The normalized spacial score (nSPS) is 11.1. The Morgan fingerprint density at radius 2 is 1.86 bits per heavy atom. The molecule has 2 aromatic carbocycles. The average molecular weight is 331 g/mol. The van der Waals surface area contributed by atoms with Gasteiger partial charge in [0.25, 0.3) is 15.7 Å². The number of sulfonamides is 1. The molecule has 0 aliphatic heterocycles. The van der Waals surface area contributed by atoms with Crippen LogP contribution in [-0.2, 0) is 10.0 Å². The number of hydrogen-bond acceptors (Lipinski definition) is 4. The number of anilines is 1. The highest BCUT2D eigenvalue weighted by Crippen LogP contribution is 2.29. The Labute approximate surface area is 124 Å². The first-order valence-electron chi connectivity index (χ1n) is 5.52. The average Bonchev–Trinajstić information content (AvgIpc) is 2.40. The summed E-state index contributed by atoms with van der Waals surface area (Å²) in [7, 11) is -4.32. The number of nitro groups is 1. The second-order valence-electron chi connectivity index (χ2n) is 3.95. The Balaban J connectivity index is 2.50. The predicted molar refractivity (Wildman–Crippen MR) is 75.3 cm³/mol. The summed E-state index contributed by atoms with van der Waals surface area (Å²) < 4.78 is 39.8. The van der Waals surface area contributed by atoms with Crippen molar-refractivity contribution in [1.82, 2.24) is 0 Å². The van der Waals surface area contributed by atoms with Crippen LogP contribution < -0.4 is 4.72 Å². The minimum atomic E-state index is -4.32. The number of rotatable bonds is 4. The number of nitro benzene ring substituents is 1. The molecule has 0 unspecified atom stereocenters.